The van der Waals surface area contributed by atoms with Gasteiger partial charge < -0.3 is 0 Å². The van der Waals surface area contributed by atoms with E-state index in [1.165, 1.54) is 22.8 Å². The third-order valence-electron chi connectivity index (χ3n) is 2.18. The molecule has 0 saturated heterocycles. The summed E-state index contributed by atoms with van der Waals surface area (Å²) in [4.78, 5) is 13.7. The fourth-order valence-electron chi connectivity index (χ4n) is 1.21. The van der Waals surface area contributed by atoms with Crippen molar-refractivity contribution in [2.75, 3.05) is 0 Å². The van der Waals surface area contributed by atoms with Gasteiger partial charge in [0.05, 0.1) is 0 Å². The van der Waals surface area contributed by atoms with Crippen molar-refractivity contribution in [2.24, 2.45) is 0 Å². The summed E-state index contributed by atoms with van der Waals surface area (Å²) in [6, 6.07) is 2.04. The van der Waals surface area contributed by atoms with Crippen LogP contribution in [0.1, 0.15) is 31.3 Å². The van der Waals surface area contributed by atoms with E-state index in [2.05, 4.69) is 35.7 Å². The maximum Gasteiger partial charge on any atom is 0.173 e. The van der Waals surface area contributed by atoms with Crippen LogP contribution in [0.15, 0.2) is 28.0 Å². The molecule has 0 saturated carbocycles. The molecule has 0 unspecified atom stereocenters. The lowest BCUT2D eigenvalue weighted by atomic mass is 9.96. The van der Waals surface area contributed by atoms with Crippen LogP contribution < -0.4 is 0 Å². The van der Waals surface area contributed by atoms with Crippen LogP contribution in [0, 0.1) is 11.3 Å². The van der Waals surface area contributed by atoms with E-state index in [-0.39, 0.29) is 5.41 Å². The van der Waals surface area contributed by atoms with E-state index in [0.29, 0.717) is 10.7 Å². The Kier molecular flexibility index (Phi) is 3.64. The first-order valence-electron chi connectivity index (χ1n) is 5.36. The summed E-state index contributed by atoms with van der Waals surface area (Å²) in [6.07, 6.45) is 4.99. The molecule has 92 valence electrons. The first kappa shape index (κ1) is 13.0. The van der Waals surface area contributed by atoms with Gasteiger partial charge >= 0.3 is 0 Å². The van der Waals surface area contributed by atoms with Crippen LogP contribution in [0.25, 0.3) is 0 Å². The van der Waals surface area contributed by atoms with E-state index in [1.807, 2.05) is 12.3 Å². The van der Waals surface area contributed by atoms with Crippen LogP contribution in [-0.2, 0) is 5.41 Å². The zero-order chi connectivity index (χ0) is 13.2. The molecule has 0 radical (unpaired) electrons. The quantitative estimate of drug-likeness (QED) is 0.842. The van der Waals surface area contributed by atoms with Crippen molar-refractivity contribution in [2.45, 2.75) is 35.6 Å². The average Bonchev–Trinajstić information content (AvgIpc) is 2.78. The van der Waals surface area contributed by atoms with Gasteiger partial charge in [-0.25, -0.2) is 15.0 Å². The normalized spacial score (nSPS) is 11.2. The van der Waals surface area contributed by atoms with Gasteiger partial charge in [0.15, 0.2) is 10.0 Å². The Morgan fingerprint density at radius 2 is 1.94 bits per heavy atom. The van der Waals surface area contributed by atoms with Gasteiger partial charge in [0.2, 0.25) is 0 Å². The van der Waals surface area contributed by atoms with E-state index < -0.39 is 0 Å². The molecule has 2 aromatic heterocycles. The predicted octanol–water partition coefficient (Wildman–Crippen LogP) is 3.25. The first-order valence-corrected chi connectivity index (χ1v) is 6.99. The molecule has 2 rings (SSSR count). The van der Waals surface area contributed by atoms with Crippen LogP contribution >= 0.6 is 23.1 Å². The molecular weight excluding hydrogens is 264 g/mol. The molecule has 0 aliphatic rings. The number of thiazole rings is 1. The van der Waals surface area contributed by atoms with Gasteiger partial charge in [-0.2, -0.15) is 5.26 Å². The molecule has 4 nitrogen and oxygen atoms in total. The van der Waals surface area contributed by atoms with E-state index in [9.17, 15) is 0 Å². The topological polar surface area (TPSA) is 62.5 Å². The second-order valence-corrected chi connectivity index (χ2v) is 6.93. The molecule has 0 atom stereocenters. The summed E-state index contributed by atoms with van der Waals surface area (Å²) in [5, 5.41) is 9.55. The highest BCUT2D eigenvalue weighted by atomic mass is 32.2. The first-order chi connectivity index (χ1) is 8.50. The van der Waals surface area contributed by atoms with Gasteiger partial charge in [-0.3, -0.25) is 0 Å². The van der Waals surface area contributed by atoms with Gasteiger partial charge in [-0.05, 0) is 17.2 Å². The molecule has 0 fully saturated rings. The molecule has 0 aliphatic carbocycles. The highest BCUT2D eigenvalue weighted by molar-refractivity contribution is 8.01. The van der Waals surface area contributed by atoms with Crippen molar-refractivity contribution in [3.63, 3.8) is 0 Å². The Morgan fingerprint density at radius 3 is 2.56 bits per heavy atom. The molecule has 18 heavy (non-hydrogen) atoms. The van der Waals surface area contributed by atoms with Crippen molar-refractivity contribution >= 4 is 23.1 Å². The SMILES string of the molecule is CC(C)(C)c1cnc(Sc2nccnc2C#N)s1. The van der Waals surface area contributed by atoms with Crippen LogP contribution in [0.2, 0.25) is 0 Å². The molecule has 0 spiro atoms. The predicted molar refractivity (Wildman–Crippen MR) is 71.7 cm³/mol. The van der Waals surface area contributed by atoms with E-state index >= 15 is 0 Å². The molecule has 0 aliphatic heterocycles. The Balaban J connectivity index is 2.25. The average molecular weight is 276 g/mol. The Bertz CT molecular complexity index is 593. The maximum atomic E-state index is 8.95. The fourth-order valence-corrected chi connectivity index (χ4v) is 3.17. The molecular formula is C12H12N4S2. The van der Waals surface area contributed by atoms with Crippen molar-refractivity contribution in [3.05, 3.63) is 29.2 Å². The third kappa shape index (κ3) is 2.86. The standard InChI is InChI=1S/C12H12N4S2/c1-12(2,3)9-7-16-11(17-9)18-10-8(6-13)14-4-5-15-10/h4-5,7H,1-3H3. The van der Waals surface area contributed by atoms with Gasteiger partial charge in [0, 0.05) is 23.5 Å². The fraction of sp³-hybridized carbons (Fsp3) is 0.333. The zero-order valence-corrected chi connectivity index (χ0v) is 12.0. The number of rotatable bonds is 2. The minimum Gasteiger partial charge on any atom is -0.245 e. The number of nitriles is 1. The summed E-state index contributed by atoms with van der Waals surface area (Å²) in [7, 11) is 0. The highest BCUT2D eigenvalue weighted by Crippen LogP contribution is 2.35. The monoisotopic (exact) mass is 276 g/mol. The lowest BCUT2D eigenvalue weighted by Gasteiger charge is -2.14. The molecule has 0 aromatic carbocycles. The Hall–Kier alpha value is -1.45. The molecule has 2 aromatic rings. The number of aromatic nitrogens is 3. The second-order valence-electron chi connectivity index (χ2n) is 4.66. The molecule has 0 amide bonds. The van der Waals surface area contributed by atoms with E-state index in [0.717, 1.165) is 4.34 Å². The maximum absolute atomic E-state index is 8.95. The largest absolute Gasteiger partial charge is 0.245 e. The highest BCUT2D eigenvalue weighted by Gasteiger charge is 2.18. The lowest BCUT2D eigenvalue weighted by molar-refractivity contribution is 0.602. The Labute approximate surface area is 114 Å². The van der Waals surface area contributed by atoms with Crippen molar-refractivity contribution in [1.29, 1.82) is 5.26 Å². The van der Waals surface area contributed by atoms with Crippen LogP contribution in [0.4, 0.5) is 0 Å². The molecule has 0 N–H and O–H groups in total. The second kappa shape index (κ2) is 5.04. The summed E-state index contributed by atoms with van der Waals surface area (Å²) in [5.41, 5.74) is 0.437. The minimum atomic E-state index is 0.0941. The van der Waals surface area contributed by atoms with Crippen molar-refractivity contribution < 1.29 is 0 Å². The summed E-state index contributed by atoms with van der Waals surface area (Å²) >= 11 is 3.02. The number of hydrogen-bond donors (Lipinski definition) is 0. The lowest BCUT2D eigenvalue weighted by Crippen LogP contribution is -2.07. The number of nitrogens with zero attached hydrogens (tertiary/aromatic N) is 4. The van der Waals surface area contributed by atoms with Crippen LogP contribution in [0.3, 0.4) is 0 Å². The molecule has 2 heterocycles. The van der Waals surface area contributed by atoms with Crippen molar-refractivity contribution in [1.82, 2.24) is 15.0 Å². The molecule has 6 heteroatoms. The summed E-state index contributed by atoms with van der Waals surface area (Å²) in [6.45, 7) is 6.45. The van der Waals surface area contributed by atoms with Gasteiger partial charge in [-0.1, -0.05) is 20.8 Å². The summed E-state index contributed by atoms with van der Waals surface area (Å²) in [5.74, 6) is 0. The van der Waals surface area contributed by atoms with Gasteiger partial charge in [0.1, 0.15) is 11.1 Å². The Morgan fingerprint density at radius 1 is 1.22 bits per heavy atom. The van der Waals surface area contributed by atoms with Gasteiger partial charge in [0.25, 0.3) is 0 Å². The van der Waals surface area contributed by atoms with E-state index in [1.54, 1.807) is 17.5 Å². The molecule has 0 bridgehead atoms. The minimum absolute atomic E-state index is 0.0941. The summed E-state index contributed by atoms with van der Waals surface area (Å²) < 4.78 is 0.886. The third-order valence-corrected chi connectivity index (χ3v) is 4.67. The van der Waals surface area contributed by atoms with Gasteiger partial charge in [-0.15, -0.1) is 11.3 Å². The number of hydrogen-bond acceptors (Lipinski definition) is 6. The van der Waals surface area contributed by atoms with Crippen LogP contribution in [-0.4, -0.2) is 15.0 Å². The smallest absolute Gasteiger partial charge is 0.173 e. The van der Waals surface area contributed by atoms with Crippen LogP contribution in [0.5, 0.6) is 0 Å². The van der Waals surface area contributed by atoms with E-state index in [4.69, 9.17) is 5.26 Å². The van der Waals surface area contributed by atoms with Crippen molar-refractivity contribution in [3.8, 4) is 6.07 Å². The zero-order valence-electron chi connectivity index (χ0n) is 10.3.